The van der Waals surface area contributed by atoms with Crippen LogP contribution in [0.15, 0.2) is 25.3 Å². The van der Waals surface area contributed by atoms with Gasteiger partial charge in [0.1, 0.15) is 0 Å². The Labute approximate surface area is 173 Å². The third kappa shape index (κ3) is 9.99. The summed E-state index contributed by atoms with van der Waals surface area (Å²) in [7, 11) is 0. The largest absolute Gasteiger partial charge is 0.322 e. The summed E-state index contributed by atoms with van der Waals surface area (Å²) in [6.45, 7) is 9.98. The van der Waals surface area contributed by atoms with E-state index in [2.05, 4.69) is 13.2 Å². The van der Waals surface area contributed by atoms with Crippen molar-refractivity contribution in [3.05, 3.63) is 25.3 Å². The molecule has 0 spiro atoms. The molecule has 1 fully saturated rings. The summed E-state index contributed by atoms with van der Waals surface area (Å²) in [6.07, 6.45) is 2.68. The van der Waals surface area contributed by atoms with Gasteiger partial charge < -0.3 is 9.80 Å². The number of urea groups is 1. The van der Waals surface area contributed by atoms with E-state index in [4.69, 9.17) is 0 Å². The van der Waals surface area contributed by atoms with Gasteiger partial charge in [0.2, 0.25) is 10.2 Å². The van der Waals surface area contributed by atoms with Gasteiger partial charge >= 0.3 is 6.03 Å². The smallest absolute Gasteiger partial charge is 0.320 e. The predicted molar refractivity (Wildman–Crippen MR) is 119 cm³/mol. The zero-order valence-electron chi connectivity index (χ0n) is 14.9. The Balaban J connectivity index is 2.04. The average molecular weight is 435 g/mol. The molecule has 0 aromatic rings. The Morgan fingerprint density at radius 2 is 1.23 bits per heavy atom. The second-order valence-corrected chi connectivity index (χ2v) is 9.87. The summed E-state index contributed by atoms with van der Waals surface area (Å²) in [4.78, 5) is 38.3. The Kier molecular flexibility index (Phi) is 13.2. The van der Waals surface area contributed by atoms with E-state index in [1.807, 2.05) is 9.80 Å². The highest BCUT2D eigenvalue weighted by atomic mass is 32.2. The standard InChI is InChI=1S/C17H26N2O3S4/c1-3-15(20)25-13-11-23-9-7-18-5-6-19(17(18)22)8-10-24-12-14-26-16(21)4-2/h3-4H,1-2,5-14H2. The zero-order valence-corrected chi connectivity index (χ0v) is 18.2. The van der Waals surface area contributed by atoms with Gasteiger partial charge in [-0.3, -0.25) is 9.59 Å². The maximum absolute atomic E-state index is 12.3. The van der Waals surface area contributed by atoms with Gasteiger partial charge in [-0.15, -0.1) is 0 Å². The molecule has 0 aromatic carbocycles. The van der Waals surface area contributed by atoms with Crippen LogP contribution in [0, 0.1) is 0 Å². The second kappa shape index (κ2) is 14.5. The van der Waals surface area contributed by atoms with Crippen molar-refractivity contribution in [2.75, 3.05) is 60.7 Å². The van der Waals surface area contributed by atoms with Gasteiger partial charge in [0.15, 0.2) is 0 Å². The molecule has 146 valence electrons. The Morgan fingerprint density at radius 3 is 1.62 bits per heavy atom. The number of hydrogen-bond acceptors (Lipinski definition) is 7. The molecule has 1 aliphatic heterocycles. The van der Waals surface area contributed by atoms with E-state index < -0.39 is 0 Å². The second-order valence-electron chi connectivity index (χ2n) is 5.22. The minimum absolute atomic E-state index is 0.0136. The molecule has 1 saturated heterocycles. The van der Waals surface area contributed by atoms with Crippen molar-refractivity contribution in [3.63, 3.8) is 0 Å². The fourth-order valence-corrected chi connectivity index (χ4v) is 5.48. The maximum atomic E-state index is 12.3. The van der Waals surface area contributed by atoms with Gasteiger partial charge in [0.25, 0.3) is 0 Å². The SMILES string of the molecule is C=CC(=O)SCCSCCN1CCN(CCSCCSC(=O)C=C)C1=O. The number of thioether (sulfide) groups is 4. The number of carbonyl (C=O) groups excluding carboxylic acids is 3. The highest BCUT2D eigenvalue weighted by Gasteiger charge is 2.27. The van der Waals surface area contributed by atoms with Crippen molar-refractivity contribution < 1.29 is 14.4 Å². The van der Waals surface area contributed by atoms with Crippen molar-refractivity contribution >= 4 is 63.3 Å². The lowest BCUT2D eigenvalue weighted by atomic mass is 10.5. The van der Waals surface area contributed by atoms with Crippen molar-refractivity contribution in [2.45, 2.75) is 0 Å². The van der Waals surface area contributed by atoms with Crippen LogP contribution in [-0.4, -0.2) is 86.8 Å². The molecule has 26 heavy (non-hydrogen) atoms. The Hall–Kier alpha value is -0.510. The van der Waals surface area contributed by atoms with E-state index in [0.717, 1.165) is 60.7 Å². The van der Waals surface area contributed by atoms with Gasteiger partial charge in [-0.05, 0) is 12.2 Å². The summed E-state index contributed by atoms with van der Waals surface area (Å²) in [5, 5.41) is 0.0273. The average Bonchev–Trinajstić information content (AvgIpc) is 3.00. The molecule has 5 nitrogen and oxygen atoms in total. The number of rotatable bonds is 14. The highest BCUT2D eigenvalue weighted by Crippen LogP contribution is 2.14. The summed E-state index contributed by atoms with van der Waals surface area (Å²) in [6, 6.07) is 0.124. The first-order chi connectivity index (χ1) is 12.6. The molecular formula is C17H26N2O3S4. The molecule has 1 rings (SSSR count). The highest BCUT2D eigenvalue weighted by molar-refractivity contribution is 8.15. The molecule has 0 unspecified atom stereocenters. The summed E-state index contributed by atoms with van der Waals surface area (Å²) in [5.41, 5.74) is 0. The molecule has 1 heterocycles. The van der Waals surface area contributed by atoms with Crippen LogP contribution in [0.4, 0.5) is 4.79 Å². The molecule has 1 aliphatic rings. The summed E-state index contributed by atoms with van der Waals surface area (Å²) < 4.78 is 0. The monoisotopic (exact) mass is 434 g/mol. The molecule has 0 radical (unpaired) electrons. The van der Waals surface area contributed by atoms with Crippen LogP contribution in [0.1, 0.15) is 0 Å². The molecule has 0 atom stereocenters. The lowest BCUT2D eigenvalue weighted by molar-refractivity contribution is -0.107. The third-order valence-electron chi connectivity index (χ3n) is 3.47. The van der Waals surface area contributed by atoms with Crippen molar-refractivity contribution in [1.29, 1.82) is 0 Å². The minimum Gasteiger partial charge on any atom is -0.322 e. The first-order valence-corrected chi connectivity index (χ1v) is 12.6. The number of nitrogens with zero attached hydrogens (tertiary/aromatic N) is 2. The molecule has 9 heteroatoms. The van der Waals surface area contributed by atoms with E-state index in [-0.39, 0.29) is 16.3 Å². The zero-order chi connectivity index (χ0) is 19.2. The van der Waals surface area contributed by atoms with E-state index in [1.54, 1.807) is 23.5 Å². The van der Waals surface area contributed by atoms with Crippen molar-refractivity contribution in [2.24, 2.45) is 0 Å². The molecule has 0 N–H and O–H groups in total. The lowest BCUT2D eigenvalue weighted by Crippen LogP contribution is -2.34. The lowest BCUT2D eigenvalue weighted by Gasteiger charge is -2.18. The number of amides is 2. The van der Waals surface area contributed by atoms with Gasteiger partial charge in [-0.2, -0.15) is 23.5 Å². The van der Waals surface area contributed by atoms with Crippen LogP contribution in [-0.2, 0) is 9.59 Å². The van der Waals surface area contributed by atoms with E-state index in [1.165, 1.54) is 35.7 Å². The molecule has 0 aromatic heterocycles. The van der Waals surface area contributed by atoms with Gasteiger partial charge in [0, 0.05) is 60.7 Å². The number of hydrogen-bond donors (Lipinski definition) is 0. The maximum Gasteiger partial charge on any atom is 0.320 e. The fourth-order valence-electron chi connectivity index (χ4n) is 2.12. The van der Waals surface area contributed by atoms with Gasteiger partial charge in [-0.25, -0.2) is 4.79 Å². The van der Waals surface area contributed by atoms with Crippen LogP contribution >= 0.6 is 47.0 Å². The molecule has 2 amide bonds. The van der Waals surface area contributed by atoms with Crippen LogP contribution in [0.3, 0.4) is 0 Å². The van der Waals surface area contributed by atoms with Crippen LogP contribution < -0.4 is 0 Å². The summed E-state index contributed by atoms with van der Waals surface area (Å²) >= 11 is 6.10. The predicted octanol–water partition coefficient (Wildman–Crippen LogP) is 3.08. The fraction of sp³-hybridized carbons (Fsp3) is 0.588. The van der Waals surface area contributed by atoms with Crippen LogP contribution in [0.2, 0.25) is 0 Å². The van der Waals surface area contributed by atoms with Gasteiger partial charge in [0.05, 0.1) is 0 Å². The van der Waals surface area contributed by atoms with Crippen molar-refractivity contribution in [3.8, 4) is 0 Å². The minimum atomic E-state index is 0.0136. The quantitative estimate of drug-likeness (QED) is 0.308. The summed E-state index contributed by atoms with van der Waals surface area (Å²) in [5.74, 6) is 5.16. The normalized spacial score (nSPS) is 13.9. The topological polar surface area (TPSA) is 57.7 Å². The van der Waals surface area contributed by atoms with Crippen LogP contribution in [0.5, 0.6) is 0 Å². The van der Waals surface area contributed by atoms with E-state index in [0.29, 0.717) is 0 Å². The molecule has 0 saturated carbocycles. The van der Waals surface area contributed by atoms with Gasteiger partial charge in [-0.1, -0.05) is 36.7 Å². The Bertz CT molecular complexity index is 460. The van der Waals surface area contributed by atoms with Crippen molar-refractivity contribution in [1.82, 2.24) is 9.80 Å². The van der Waals surface area contributed by atoms with E-state index in [9.17, 15) is 14.4 Å². The van der Waals surface area contributed by atoms with E-state index >= 15 is 0 Å². The molecule has 0 bridgehead atoms. The Morgan fingerprint density at radius 1 is 0.808 bits per heavy atom. The number of carbonyl (C=O) groups is 3. The molecular weight excluding hydrogens is 408 g/mol. The molecule has 0 aliphatic carbocycles. The first kappa shape index (κ1) is 23.5. The first-order valence-electron chi connectivity index (χ1n) is 8.36. The third-order valence-corrected chi connectivity index (χ3v) is 7.63. The van der Waals surface area contributed by atoms with Crippen LogP contribution in [0.25, 0.3) is 0 Å².